The van der Waals surface area contributed by atoms with Crippen molar-refractivity contribution >= 4 is 21.4 Å². The van der Waals surface area contributed by atoms with E-state index in [1.165, 1.54) is 4.90 Å². The highest BCUT2D eigenvalue weighted by Crippen LogP contribution is 2.19. The van der Waals surface area contributed by atoms with Crippen LogP contribution in [0.1, 0.15) is 22.5 Å². The summed E-state index contributed by atoms with van der Waals surface area (Å²) in [6.07, 6.45) is 2.09. The van der Waals surface area contributed by atoms with Crippen LogP contribution in [0.2, 0.25) is 0 Å². The molecule has 1 N–H and O–H groups in total. The fourth-order valence-corrected chi connectivity index (χ4v) is 4.77. The van der Waals surface area contributed by atoms with Crippen molar-refractivity contribution in [2.24, 2.45) is 0 Å². The standard InChI is InChI=1S/C19H23N3O4S/c1-22(16-9-10-27(24,25)13-16)19(23)18-8-5-15(12-21-18)20-11-14-3-6-17(26-2)7-4-14/h3-8,12,16,20H,9-11,13H2,1-2H3. The van der Waals surface area contributed by atoms with Crippen LogP contribution in [0.15, 0.2) is 42.6 Å². The van der Waals surface area contributed by atoms with Crippen LogP contribution in [0.5, 0.6) is 5.75 Å². The van der Waals surface area contributed by atoms with Crippen LogP contribution in [0.3, 0.4) is 0 Å². The van der Waals surface area contributed by atoms with Crippen LogP contribution in [0.25, 0.3) is 0 Å². The van der Waals surface area contributed by atoms with Gasteiger partial charge in [0, 0.05) is 19.6 Å². The van der Waals surface area contributed by atoms with Crippen LogP contribution in [-0.2, 0) is 16.4 Å². The zero-order valence-electron chi connectivity index (χ0n) is 15.4. The zero-order chi connectivity index (χ0) is 19.4. The number of anilines is 1. The highest BCUT2D eigenvalue weighted by atomic mass is 32.2. The summed E-state index contributed by atoms with van der Waals surface area (Å²) in [6.45, 7) is 0.624. The average molecular weight is 389 g/mol. The highest BCUT2D eigenvalue weighted by molar-refractivity contribution is 7.91. The Kier molecular flexibility index (Phi) is 5.65. The number of sulfone groups is 1. The van der Waals surface area contributed by atoms with E-state index in [4.69, 9.17) is 4.74 Å². The summed E-state index contributed by atoms with van der Waals surface area (Å²) in [6, 6.07) is 10.9. The van der Waals surface area contributed by atoms with Crippen molar-refractivity contribution < 1.29 is 17.9 Å². The van der Waals surface area contributed by atoms with Crippen molar-refractivity contribution in [3.8, 4) is 5.75 Å². The molecule has 144 valence electrons. The minimum Gasteiger partial charge on any atom is -0.497 e. The third kappa shape index (κ3) is 4.77. The number of carbonyl (C=O) groups excluding carboxylic acids is 1. The Morgan fingerprint density at radius 1 is 1.26 bits per heavy atom. The maximum atomic E-state index is 12.5. The van der Waals surface area contributed by atoms with Crippen LogP contribution in [0.4, 0.5) is 5.69 Å². The lowest BCUT2D eigenvalue weighted by atomic mass is 10.2. The summed E-state index contributed by atoms with van der Waals surface area (Å²) in [5.74, 6) is 0.703. The van der Waals surface area contributed by atoms with Crippen molar-refractivity contribution in [2.45, 2.75) is 19.0 Å². The lowest BCUT2D eigenvalue weighted by Crippen LogP contribution is -2.38. The molecule has 1 atom stereocenters. The Labute approximate surface area is 159 Å². The number of ether oxygens (including phenoxy) is 1. The normalized spacial score (nSPS) is 18.1. The first kappa shape index (κ1) is 19.2. The predicted octanol–water partition coefficient (Wildman–Crippen LogP) is 1.96. The molecule has 1 aliphatic rings. The number of nitrogens with zero attached hydrogens (tertiary/aromatic N) is 2. The van der Waals surface area contributed by atoms with E-state index in [0.29, 0.717) is 18.7 Å². The van der Waals surface area contributed by atoms with E-state index in [2.05, 4.69) is 10.3 Å². The van der Waals surface area contributed by atoms with Crippen molar-refractivity contribution in [3.05, 3.63) is 53.9 Å². The Morgan fingerprint density at radius 2 is 2.00 bits per heavy atom. The summed E-state index contributed by atoms with van der Waals surface area (Å²) in [5.41, 5.74) is 2.20. The van der Waals surface area contributed by atoms with Crippen molar-refractivity contribution in [2.75, 3.05) is 31.0 Å². The SMILES string of the molecule is COc1ccc(CNc2ccc(C(=O)N(C)C3CCS(=O)(=O)C3)nc2)cc1. The molecule has 7 nitrogen and oxygen atoms in total. The quantitative estimate of drug-likeness (QED) is 0.813. The molecule has 3 rings (SSSR count). The first-order valence-corrected chi connectivity index (χ1v) is 10.5. The molecular formula is C19H23N3O4S. The molecule has 0 aliphatic carbocycles. The number of carbonyl (C=O) groups is 1. The van der Waals surface area contributed by atoms with Crippen molar-refractivity contribution in [1.82, 2.24) is 9.88 Å². The van der Waals surface area contributed by atoms with Gasteiger partial charge in [0.05, 0.1) is 30.5 Å². The highest BCUT2D eigenvalue weighted by Gasteiger charge is 2.33. The molecule has 2 aromatic rings. The number of rotatable bonds is 6. The van der Waals surface area contributed by atoms with Crippen LogP contribution >= 0.6 is 0 Å². The molecule has 1 saturated heterocycles. The van der Waals surface area contributed by atoms with Gasteiger partial charge in [0.2, 0.25) is 0 Å². The minimum absolute atomic E-state index is 0.0245. The molecular weight excluding hydrogens is 366 g/mol. The molecule has 1 aliphatic heterocycles. The van der Waals surface area contributed by atoms with E-state index in [-0.39, 0.29) is 23.5 Å². The first-order valence-electron chi connectivity index (χ1n) is 8.68. The average Bonchev–Trinajstić information content (AvgIpc) is 3.05. The molecule has 1 unspecified atom stereocenters. The van der Waals surface area contributed by atoms with E-state index < -0.39 is 9.84 Å². The second-order valence-electron chi connectivity index (χ2n) is 6.61. The molecule has 0 bridgehead atoms. The Morgan fingerprint density at radius 3 is 2.56 bits per heavy atom. The number of methoxy groups -OCH3 is 1. The molecule has 8 heteroatoms. The largest absolute Gasteiger partial charge is 0.497 e. The van der Waals surface area contributed by atoms with Gasteiger partial charge in [-0.15, -0.1) is 0 Å². The third-order valence-corrected chi connectivity index (χ3v) is 6.47. The van der Waals surface area contributed by atoms with Gasteiger partial charge in [0.15, 0.2) is 9.84 Å². The van der Waals surface area contributed by atoms with Gasteiger partial charge in [-0.2, -0.15) is 0 Å². The summed E-state index contributed by atoms with van der Waals surface area (Å²) in [5, 5.41) is 3.25. The zero-order valence-corrected chi connectivity index (χ0v) is 16.2. The van der Waals surface area contributed by atoms with Gasteiger partial charge in [0.25, 0.3) is 5.91 Å². The molecule has 1 fully saturated rings. The lowest BCUT2D eigenvalue weighted by molar-refractivity contribution is 0.0742. The number of aromatic nitrogens is 1. The molecule has 1 aromatic heterocycles. The fraction of sp³-hybridized carbons (Fsp3) is 0.368. The van der Waals surface area contributed by atoms with Crippen LogP contribution < -0.4 is 10.1 Å². The lowest BCUT2D eigenvalue weighted by Gasteiger charge is -2.23. The molecule has 0 spiro atoms. The Bertz CT molecular complexity index is 896. The minimum atomic E-state index is -3.03. The van der Waals surface area contributed by atoms with E-state index in [0.717, 1.165) is 17.0 Å². The first-order chi connectivity index (χ1) is 12.9. The van der Waals surface area contributed by atoms with Gasteiger partial charge in [-0.05, 0) is 36.2 Å². The molecule has 27 heavy (non-hydrogen) atoms. The fourth-order valence-electron chi connectivity index (χ4n) is 3.00. The molecule has 0 radical (unpaired) electrons. The van der Waals surface area contributed by atoms with Gasteiger partial charge in [-0.1, -0.05) is 12.1 Å². The predicted molar refractivity (Wildman–Crippen MR) is 104 cm³/mol. The maximum absolute atomic E-state index is 12.5. The molecule has 2 heterocycles. The van der Waals surface area contributed by atoms with Gasteiger partial charge < -0.3 is 15.0 Å². The number of benzene rings is 1. The van der Waals surface area contributed by atoms with Gasteiger partial charge in [-0.3, -0.25) is 4.79 Å². The molecule has 0 saturated carbocycles. The smallest absolute Gasteiger partial charge is 0.272 e. The number of pyridine rings is 1. The summed E-state index contributed by atoms with van der Waals surface area (Å²) < 4.78 is 28.3. The Balaban J connectivity index is 1.58. The monoisotopic (exact) mass is 389 g/mol. The summed E-state index contributed by atoms with van der Waals surface area (Å²) in [7, 11) is 0.227. The van der Waals surface area contributed by atoms with Gasteiger partial charge in [0.1, 0.15) is 11.4 Å². The molecule has 1 aromatic carbocycles. The third-order valence-electron chi connectivity index (χ3n) is 4.71. The number of hydrogen-bond acceptors (Lipinski definition) is 6. The topological polar surface area (TPSA) is 88.6 Å². The van der Waals surface area contributed by atoms with Gasteiger partial charge >= 0.3 is 0 Å². The van der Waals surface area contributed by atoms with Crippen LogP contribution in [-0.4, -0.2) is 55.9 Å². The number of amides is 1. The second-order valence-corrected chi connectivity index (χ2v) is 8.84. The van der Waals surface area contributed by atoms with Gasteiger partial charge in [-0.25, -0.2) is 13.4 Å². The van der Waals surface area contributed by atoms with E-state index >= 15 is 0 Å². The van der Waals surface area contributed by atoms with E-state index in [1.807, 2.05) is 24.3 Å². The van der Waals surface area contributed by atoms with E-state index in [9.17, 15) is 13.2 Å². The van der Waals surface area contributed by atoms with Crippen molar-refractivity contribution in [1.29, 1.82) is 0 Å². The maximum Gasteiger partial charge on any atom is 0.272 e. The second kappa shape index (κ2) is 7.96. The summed E-state index contributed by atoms with van der Waals surface area (Å²) >= 11 is 0. The molecule has 1 amide bonds. The van der Waals surface area contributed by atoms with Crippen LogP contribution in [0, 0.1) is 0 Å². The number of hydrogen-bond donors (Lipinski definition) is 1. The number of nitrogens with one attached hydrogen (secondary N) is 1. The Hall–Kier alpha value is -2.61. The summed E-state index contributed by atoms with van der Waals surface area (Å²) in [4.78, 5) is 18.2. The van der Waals surface area contributed by atoms with E-state index in [1.54, 1.807) is 32.5 Å². The van der Waals surface area contributed by atoms with Crippen molar-refractivity contribution in [3.63, 3.8) is 0 Å².